The molecule has 2 rings (SSSR count). The molecular formula is C20H25N3O2. The van der Waals surface area contributed by atoms with Crippen LogP contribution in [-0.4, -0.2) is 35.3 Å². The number of likely N-dealkylation sites (N-methyl/N-ethyl adjacent to an activating group) is 1. The molecule has 2 aromatic rings. The van der Waals surface area contributed by atoms with E-state index in [9.17, 15) is 9.59 Å². The standard InChI is InChI=1S/C20H25N3O2/c1-15-5-7-17(8-6-15)22-18(24)20(2,3)19(25)23(4)14-11-16-9-12-21-13-10-16/h5-10,12-13H,11,14H2,1-4H3,(H,22,24). The van der Waals surface area contributed by atoms with Crippen LogP contribution in [0.25, 0.3) is 0 Å². The van der Waals surface area contributed by atoms with E-state index in [4.69, 9.17) is 0 Å². The molecule has 0 aliphatic heterocycles. The Kier molecular flexibility index (Phi) is 5.91. The average molecular weight is 339 g/mol. The predicted molar refractivity (Wildman–Crippen MR) is 99.2 cm³/mol. The molecule has 25 heavy (non-hydrogen) atoms. The summed E-state index contributed by atoms with van der Waals surface area (Å²) in [5.41, 5.74) is 1.77. The molecule has 0 aliphatic carbocycles. The van der Waals surface area contributed by atoms with Crippen LogP contribution in [-0.2, 0) is 16.0 Å². The van der Waals surface area contributed by atoms with Crippen LogP contribution in [0.15, 0.2) is 48.8 Å². The van der Waals surface area contributed by atoms with E-state index in [2.05, 4.69) is 10.3 Å². The number of hydrogen-bond acceptors (Lipinski definition) is 3. The molecule has 2 amide bonds. The van der Waals surface area contributed by atoms with Crippen molar-refractivity contribution in [3.05, 3.63) is 59.9 Å². The number of nitrogens with zero attached hydrogens (tertiary/aromatic N) is 2. The fourth-order valence-electron chi connectivity index (χ4n) is 2.45. The summed E-state index contributed by atoms with van der Waals surface area (Å²) in [4.78, 5) is 30.9. The Balaban J connectivity index is 1.97. The van der Waals surface area contributed by atoms with Crippen LogP contribution < -0.4 is 5.32 Å². The molecule has 1 N–H and O–H groups in total. The molecule has 0 unspecified atom stereocenters. The highest BCUT2D eigenvalue weighted by molar-refractivity contribution is 6.09. The van der Waals surface area contributed by atoms with Crippen LogP contribution in [0.1, 0.15) is 25.0 Å². The van der Waals surface area contributed by atoms with E-state index in [0.29, 0.717) is 12.2 Å². The van der Waals surface area contributed by atoms with E-state index < -0.39 is 5.41 Å². The minimum atomic E-state index is -1.14. The van der Waals surface area contributed by atoms with Gasteiger partial charge < -0.3 is 10.2 Å². The molecule has 132 valence electrons. The van der Waals surface area contributed by atoms with Crippen molar-refractivity contribution in [3.8, 4) is 0 Å². The quantitative estimate of drug-likeness (QED) is 0.823. The molecule has 0 fully saturated rings. The number of pyridine rings is 1. The van der Waals surface area contributed by atoms with Crippen molar-refractivity contribution in [1.29, 1.82) is 0 Å². The van der Waals surface area contributed by atoms with Gasteiger partial charge in [0.05, 0.1) is 0 Å². The zero-order valence-electron chi connectivity index (χ0n) is 15.2. The minimum Gasteiger partial charge on any atom is -0.345 e. The Morgan fingerprint density at radius 1 is 1.08 bits per heavy atom. The van der Waals surface area contributed by atoms with Gasteiger partial charge in [0.25, 0.3) is 0 Å². The number of rotatable bonds is 6. The third-order valence-electron chi connectivity index (χ3n) is 4.24. The molecule has 5 nitrogen and oxygen atoms in total. The Hall–Kier alpha value is -2.69. The third kappa shape index (κ3) is 4.89. The smallest absolute Gasteiger partial charge is 0.239 e. The second kappa shape index (κ2) is 7.92. The first-order valence-corrected chi connectivity index (χ1v) is 8.33. The number of anilines is 1. The fraction of sp³-hybridized carbons (Fsp3) is 0.350. The van der Waals surface area contributed by atoms with Gasteiger partial charge in [0, 0.05) is 31.7 Å². The van der Waals surface area contributed by atoms with Gasteiger partial charge >= 0.3 is 0 Å². The first kappa shape index (κ1) is 18.6. The topological polar surface area (TPSA) is 62.3 Å². The maximum absolute atomic E-state index is 12.7. The molecule has 0 aliphatic rings. The SMILES string of the molecule is Cc1ccc(NC(=O)C(C)(C)C(=O)N(C)CCc2ccncc2)cc1. The Morgan fingerprint density at radius 3 is 2.28 bits per heavy atom. The minimum absolute atomic E-state index is 0.203. The van der Waals surface area contributed by atoms with Crippen LogP contribution in [0.2, 0.25) is 0 Å². The van der Waals surface area contributed by atoms with Crippen molar-refractivity contribution in [2.75, 3.05) is 18.9 Å². The summed E-state index contributed by atoms with van der Waals surface area (Å²) in [6.07, 6.45) is 4.19. The summed E-state index contributed by atoms with van der Waals surface area (Å²) in [5, 5.41) is 2.82. The largest absolute Gasteiger partial charge is 0.345 e. The van der Waals surface area contributed by atoms with Gasteiger partial charge in [-0.25, -0.2) is 0 Å². The summed E-state index contributed by atoms with van der Waals surface area (Å²) in [5.74, 6) is -0.511. The first-order valence-electron chi connectivity index (χ1n) is 8.33. The number of amides is 2. The second-order valence-electron chi connectivity index (χ2n) is 6.78. The van der Waals surface area contributed by atoms with Crippen molar-refractivity contribution in [2.24, 2.45) is 5.41 Å². The molecule has 0 saturated carbocycles. The van der Waals surface area contributed by atoms with Gasteiger partial charge in [0.2, 0.25) is 11.8 Å². The van der Waals surface area contributed by atoms with E-state index in [1.165, 1.54) is 0 Å². The summed E-state index contributed by atoms with van der Waals surface area (Å²) < 4.78 is 0. The third-order valence-corrected chi connectivity index (χ3v) is 4.24. The number of carbonyl (C=O) groups is 2. The maximum Gasteiger partial charge on any atom is 0.239 e. The highest BCUT2D eigenvalue weighted by Crippen LogP contribution is 2.22. The maximum atomic E-state index is 12.7. The highest BCUT2D eigenvalue weighted by atomic mass is 16.2. The molecular weight excluding hydrogens is 314 g/mol. The molecule has 0 bridgehead atoms. The first-order chi connectivity index (χ1) is 11.8. The summed E-state index contributed by atoms with van der Waals surface area (Å²) in [6, 6.07) is 11.4. The van der Waals surface area contributed by atoms with Gasteiger partial charge in [-0.05, 0) is 57.0 Å². The lowest BCUT2D eigenvalue weighted by molar-refractivity contribution is -0.145. The Morgan fingerprint density at radius 2 is 1.68 bits per heavy atom. The van der Waals surface area contributed by atoms with Crippen molar-refractivity contribution >= 4 is 17.5 Å². The summed E-state index contributed by atoms with van der Waals surface area (Å²) >= 11 is 0. The van der Waals surface area contributed by atoms with Crippen molar-refractivity contribution < 1.29 is 9.59 Å². The van der Waals surface area contributed by atoms with Crippen LogP contribution in [0.4, 0.5) is 5.69 Å². The molecule has 1 heterocycles. The van der Waals surface area contributed by atoms with Crippen molar-refractivity contribution in [1.82, 2.24) is 9.88 Å². The zero-order valence-corrected chi connectivity index (χ0v) is 15.2. The molecule has 1 aromatic carbocycles. The van der Waals surface area contributed by atoms with E-state index in [1.807, 2.05) is 43.3 Å². The van der Waals surface area contributed by atoms with Gasteiger partial charge in [-0.1, -0.05) is 17.7 Å². The van der Waals surface area contributed by atoms with Gasteiger partial charge in [-0.3, -0.25) is 14.6 Å². The van der Waals surface area contributed by atoms with Crippen LogP contribution >= 0.6 is 0 Å². The van der Waals surface area contributed by atoms with Crippen LogP contribution in [0.5, 0.6) is 0 Å². The fourth-order valence-corrected chi connectivity index (χ4v) is 2.45. The second-order valence-corrected chi connectivity index (χ2v) is 6.78. The summed E-state index contributed by atoms with van der Waals surface area (Å²) in [7, 11) is 1.73. The van der Waals surface area contributed by atoms with Crippen molar-refractivity contribution in [2.45, 2.75) is 27.2 Å². The number of aromatic nitrogens is 1. The number of benzene rings is 1. The molecule has 5 heteroatoms. The van der Waals surface area contributed by atoms with Crippen LogP contribution in [0.3, 0.4) is 0 Å². The molecule has 0 radical (unpaired) electrons. The molecule has 0 saturated heterocycles. The average Bonchev–Trinajstić information content (AvgIpc) is 2.61. The zero-order chi connectivity index (χ0) is 18.4. The Bertz CT molecular complexity index is 724. The van der Waals surface area contributed by atoms with Crippen LogP contribution in [0, 0.1) is 12.3 Å². The van der Waals surface area contributed by atoms with Gasteiger partial charge in [0.15, 0.2) is 0 Å². The van der Waals surface area contributed by atoms with Crippen molar-refractivity contribution in [3.63, 3.8) is 0 Å². The number of carbonyl (C=O) groups excluding carboxylic acids is 2. The van der Waals surface area contributed by atoms with E-state index in [0.717, 1.165) is 17.5 Å². The molecule has 1 aromatic heterocycles. The number of aryl methyl sites for hydroxylation is 1. The van der Waals surface area contributed by atoms with Gasteiger partial charge in [-0.15, -0.1) is 0 Å². The lowest BCUT2D eigenvalue weighted by Crippen LogP contribution is -2.46. The number of hydrogen-bond donors (Lipinski definition) is 1. The molecule has 0 spiro atoms. The van der Waals surface area contributed by atoms with E-state index in [1.54, 1.807) is 38.2 Å². The van der Waals surface area contributed by atoms with E-state index >= 15 is 0 Å². The summed E-state index contributed by atoms with van der Waals surface area (Å²) in [6.45, 7) is 5.84. The molecule has 0 atom stereocenters. The predicted octanol–water partition coefficient (Wildman–Crippen LogP) is 3.06. The number of nitrogens with one attached hydrogen (secondary N) is 1. The monoisotopic (exact) mass is 339 g/mol. The lowest BCUT2D eigenvalue weighted by Gasteiger charge is -2.28. The highest BCUT2D eigenvalue weighted by Gasteiger charge is 2.38. The lowest BCUT2D eigenvalue weighted by atomic mass is 9.90. The Labute approximate surface area is 149 Å². The normalized spacial score (nSPS) is 11.0. The van der Waals surface area contributed by atoms with Gasteiger partial charge in [-0.2, -0.15) is 0 Å². The van der Waals surface area contributed by atoms with E-state index in [-0.39, 0.29) is 11.8 Å². The van der Waals surface area contributed by atoms with Gasteiger partial charge in [0.1, 0.15) is 5.41 Å².